The van der Waals surface area contributed by atoms with Crippen LogP contribution in [0.3, 0.4) is 0 Å². The molecular weight excluding hydrogens is 216 g/mol. The molecule has 16 heavy (non-hydrogen) atoms. The summed E-state index contributed by atoms with van der Waals surface area (Å²) in [5.41, 5.74) is 8.42. The molecule has 1 atom stereocenters. The van der Waals surface area contributed by atoms with Gasteiger partial charge in [0.25, 0.3) is 0 Å². The number of aliphatic imine (C=N–C) groups is 1. The van der Waals surface area contributed by atoms with Gasteiger partial charge in [-0.05, 0) is 18.9 Å². The smallest absolute Gasteiger partial charge is 0.154 e. The zero-order valence-electron chi connectivity index (χ0n) is 10.2. The molecule has 0 aromatic heterocycles. The summed E-state index contributed by atoms with van der Waals surface area (Å²) in [4.78, 5) is 4.42. The highest BCUT2D eigenvalue weighted by atomic mass is 32.2. The highest BCUT2D eigenvalue weighted by Gasteiger charge is 2.20. The molecule has 0 aromatic rings. The van der Waals surface area contributed by atoms with Gasteiger partial charge in [-0.2, -0.15) is 0 Å². The molecule has 2 N–H and O–H groups in total. The van der Waals surface area contributed by atoms with Crippen LogP contribution >= 0.6 is 11.8 Å². The Morgan fingerprint density at radius 2 is 2.00 bits per heavy atom. The Bertz CT molecular complexity index is 351. The van der Waals surface area contributed by atoms with E-state index in [1.165, 1.54) is 11.1 Å². The van der Waals surface area contributed by atoms with Crippen LogP contribution < -0.4 is 5.73 Å². The number of rotatable bonds is 1. The van der Waals surface area contributed by atoms with E-state index in [0.29, 0.717) is 6.04 Å². The molecule has 0 fully saturated rings. The molecule has 0 spiro atoms. The van der Waals surface area contributed by atoms with Crippen LogP contribution in [0.25, 0.3) is 0 Å². The summed E-state index contributed by atoms with van der Waals surface area (Å²) in [5.74, 6) is 0.999. The van der Waals surface area contributed by atoms with Crippen molar-refractivity contribution in [2.45, 2.75) is 33.2 Å². The average Bonchev–Trinajstić information content (AvgIpc) is 2.60. The number of nitrogens with zero attached hydrogens (tertiary/aromatic N) is 1. The SMILES string of the molecule is CC.CC1=CC=CC=C(C2CSC(N)=N2)C1. The molecule has 0 aromatic carbocycles. The maximum Gasteiger partial charge on any atom is 0.154 e. The van der Waals surface area contributed by atoms with Crippen molar-refractivity contribution in [2.24, 2.45) is 10.7 Å². The summed E-state index contributed by atoms with van der Waals surface area (Å²) in [6, 6.07) is 0.297. The topological polar surface area (TPSA) is 38.4 Å². The largest absolute Gasteiger partial charge is 0.379 e. The van der Waals surface area contributed by atoms with Gasteiger partial charge < -0.3 is 5.73 Å². The Balaban J connectivity index is 0.000000606. The minimum atomic E-state index is 0.297. The number of allylic oxidation sites excluding steroid dienone is 5. The Kier molecular flexibility index (Phi) is 5.39. The molecule has 0 amide bonds. The summed E-state index contributed by atoms with van der Waals surface area (Å²) < 4.78 is 0. The van der Waals surface area contributed by atoms with Gasteiger partial charge >= 0.3 is 0 Å². The van der Waals surface area contributed by atoms with Crippen molar-refractivity contribution in [3.8, 4) is 0 Å². The van der Waals surface area contributed by atoms with Crippen molar-refractivity contribution in [3.63, 3.8) is 0 Å². The van der Waals surface area contributed by atoms with Gasteiger partial charge in [0.15, 0.2) is 5.17 Å². The van der Waals surface area contributed by atoms with E-state index in [2.05, 4.69) is 36.2 Å². The molecule has 0 saturated carbocycles. The Hall–Kier alpha value is -0.960. The third-order valence-corrected chi connectivity index (χ3v) is 3.27. The van der Waals surface area contributed by atoms with Crippen molar-refractivity contribution in [3.05, 3.63) is 35.5 Å². The lowest BCUT2D eigenvalue weighted by molar-refractivity contribution is 0.846. The van der Waals surface area contributed by atoms with E-state index in [1.807, 2.05) is 13.8 Å². The van der Waals surface area contributed by atoms with E-state index >= 15 is 0 Å². The number of hydrogen-bond donors (Lipinski definition) is 1. The van der Waals surface area contributed by atoms with Gasteiger partial charge in [-0.1, -0.05) is 55.5 Å². The number of hydrogen-bond acceptors (Lipinski definition) is 3. The molecule has 2 nitrogen and oxygen atoms in total. The van der Waals surface area contributed by atoms with Crippen LogP contribution in [0.2, 0.25) is 0 Å². The van der Waals surface area contributed by atoms with Crippen LogP contribution in [0.1, 0.15) is 27.2 Å². The first-order chi connectivity index (χ1) is 7.75. The molecule has 0 radical (unpaired) electrons. The molecule has 88 valence electrons. The maximum atomic E-state index is 5.66. The van der Waals surface area contributed by atoms with Crippen LogP contribution in [0.5, 0.6) is 0 Å². The fraction of sp³-hybridized carbons (Fsp3) is 0.462. The van der Waals surface area contributed by atoms with Crippen molar-refractivity contribution in [1.29, 1.82) is 0 Å². The summed E-state index contributed by atoms with van der Waals surface area (Å²) in [6.07, 6.45) is 9.51. The van der Waals surface area contributed by atoms with Gasteiger partial charge in [-0.15, -0.1) is 0 Å². The first-order valence-corrected chi connectivity index (χ1v) is 6.73. The van der Waals surface area contributed by atoms with Crippen LogP contribution in [-0.4, -0.2) is 17.0 Å². The molecule has 1 aliphatic carbocycles. The molecule has 0 saturated heterocycles. The van der Waals surface area contributed by atoms with Crippen LogP contribution in [-0.2, 0) is 0 Å². The van der Waals surface area contributed by atoms with Crippen LogP contribution in [0.4, 0.5) is 0 Å². The van der Waals surface area contributed by atoms with E-state index < -0.39 is 0 Å². The lowest BCUT2D eigenvalue weighted by Gasteiger charge is -2.10. The Morgan fingerprint density at radius 1 is 1.31 bits per heavy atom. The molecule has 2 rings (SSSR count). The minimum absolute atomic E-state index is 0.297. The Labute approximate surface area is 102 Å². The quantitative estimate of drug-likeness (QED) is 0.759. The summed E-state index contributed by atoms with van der Waals surface area (Å²) in [5, 5.41) is 0.728. The summed E-state index contributed by atoms with van der Waals surface area (Å²) >= 11 is 1.65. The van der Waals surface area contributed by atoms with Gasteiger partial charge in [0.1, 0.15) is 0 Å². The third kappa shape index (κ3) is 3.56. The van der Waals surface area contributed by atoms with E-state index in [4.69, 9.17) is 5.73 Å². The van der Waals surface area contributed by atoms with Gasteiger partial charge in [-0.25, -0.2) is 0 Å². The molecule has 1 unspecified atom stereocenters. The van der Waals surface area contributed by atoms with E-state index in [1.54, 1.807) is 11.8 Å². The molecule has 3 heteroatoms. The van der Waals surface area contributed by atoms with Crippen LogP contribution in [0, 0.1) is 0 Å². The second kappa shape index (κ2) is 6.59. The molecule has 0 bridgehead atoms. The van der Waals surface area contributed by atoms with E-state index in [9.17, 15) is 0 Å². The lowest BCUT2D eigenvalue weighted by atomic mass is 10.0. The second-order valence-electron chi connectivity index (χ2n) is 3.61. The van der Waals surface area contributed by atoms with E-state index in [0.717, 1.165) is 17.3 Å². The summed E-state index contributed by atoms with van der Waals surface area (Å²) in [6.45, 7) is 6.15. The van der Waals surface area contributed by atoms with Crippen molar-refractivity contribution < 1.29 is 0 Å². The monoisotopic (exact) mass is 236 g/mol. The van der Waals surface area contributed by atoms with Crippen LogP contribution in [0.15, 0.2) is 40.4 Å². The van der Waals surface area contributed by atoms with Gasteiger partial charge in [0.2, 0.25) is 0 Å². The predicted octanol–water partition coefficient (Wildman–Crippen LogP) is 3.28. The fourth-order valence-corrected chi connectivity index (χ4v) is 2.47. The zero-order valence-corrected chi connectivity index (χ0v) is 11.1. The predicted molar refractivity (Wildman–Crippen MR) is 74.8 cm³/mol. The van der Waals surface area contributed by atoms with Crippen molar-refractivity contribution >= 4 is 16.9 Å². The Morgan fingerprint density at radius 3 is 2.62 bits per heavy atom. The zero-order chi connectivity index (χ0) is 12.0. The van der Waals surface area contributed by atoms with Gasteiger partial charge in [0.05, 0.1) is 6.04 Å². The van der Waals surface area contributed by atoms with E-state index in [-0.39, 0.29) is 0 Å². The first-order valence-electron chi connectivity index (χ1n) is 5.74. The number of nitrogens with two attached hydrogens (primary N) is 1. The third-order valence-electron chi connectivity index (χ3n) is 2.39. The molecular formula is C13H20N2S. The first kappa shape index (κ1) is 13.1. The van der Waals surface area contributed by atoms with Crippen molar-refractivity contribution in [2.75, 3.05) is 5.75 Å². The standard InChI is InChI=1S/C11H14N2S.C2H6/c1-8-4-2-3-5-9(6-8)10-7-14-11(12)13-10;1-2/h2-5,10H,6-7H2,1H3,(H2,12,13);1-2H3. The molecule has 1 aliphatic heterocycles. The van der Waals surface area contributed by atoms with Gasteiger partial charge in [-0.3, -0.25) is 4.99 Å². The highest BCUT2D eigenvalue weighted by Crippen LogP contribution is 2.26. The fourth-order valence-electron chi connectivity index (χ4n) is 1.65. The van der Waals surface area contributed by atoms with Crippen molar-refractivity contribution in [1.82, 2.24) is 0 Å². The number of amidine groups is 1. The minimum Gasteiger partial charge on any atom is -0.379 e. The normalized spacial score (nSPS) is 23.7. The second-order valence-corrected chi connectivity index (χ2v) is 4.65. The average molecular weight is 236 g/mol. The lowest BCUT2D eigenvalue weighted by Crippen LogP contribution is -2.08. The summed E-state index contributed by atoms with van der Waals surface area (Å²) in [7, 11) is 0. The number of thioether (sulfide) groups is 1. The highest BCUT2D eigenvalue weighted by molar-refractivity contribution is 8.14. The van der Waals surface area contributed by atoms with Gasteiger partial charge in [0, 0.05) is 5.75 Å². The molecule has 1 heterocycles. The molecule has 2 aliphatic rings. The maximum absolute atomic E-state index is 5.66.